The normalized spacial score (nSPS) is 20.1. The number of nitrogens with two attached hydrogens (primary N) is 1. The summed E-state index contributed by atoms with van der Waals surface area (Å²) in [7, 11) is 0. The predicted molar refractivity (Wildman–Crippen MR) is 80.4 cm³/mol. The number of hydrogen-bond donors (Lipinski definition) is 1. The Labute approximate surface area is 116 Å². The Bertz CT molecular complexity index is 392. The number of rotatable bonds is 6. The smallest absolute Gasteiger partial charge is 0.121 e. The Balaban J connectivity index is 1.62. The highest BCUT2D eigenvalue weighted by Gasteiger charge is 2.23. The molecule has 19 heavy (non-hydrogen) atoms. The van der Waals surface area contributed by atoms with E-state index in [2.05, 4.69) is 18.7 Å². The van der Waals surface area contributed by atoms with E-state index >= 15 is 0 Å². The van der Waals surface area contributed by atoms with E-state index in [1.54, 1.807) is 0 Å². The summed E-state index contributed by atoms with van der Waals surface area (Å²) >= 11 is 0. The van der Waals surface area contributed by atoms with Crippen LogP contribution in [0.2, 0.25) is 0 Å². The van der Waals surface area contributed by atoms with Gasteiger partial charge < -0.3 is 15.4 Å². The molecule has 0 aliphatic carbocycles. The highest BCUT2D eigenvalue weighted by Crippen LogP contribution is 2.23. The molecule has 1 heterocycles. The molecule has 3 heteroatoms. The SMILES string of the molecule is CC(C)C1CCN(CCCOc2cccc(N)c2)C1. The molecule has 3 nitrogen and oxygen atoms in total. The molecule has 2 rings (SSSR count). The summed E-state index contributed by atoms with van der Waals surface area (Å²) in [4.78, 5) is 2.56. The summed E-state index contributed by atoms with van der Waals surface area (Å²) < 4.78 is 5.71. The maximum Gasteiger partial charge on any atom is 0.121 e. The third-order valence-electron chi connectivity index (χ3n) is 4.00. The van der Waals surface area contributed by atoms with Crippen LogP contribution in [0, 0.1) is 11.8 Å². The summed E-state index contributed by atoms with van der Waals surface area (Å²) in [5.41, 5.74) is 6.48. The fraction of sp³-hybridized carbons (Fsp3) is 0.625. The number of anilines is 1. The van der Waals surface area contributed by atoms with Crippen LogP contribution in [0.15, 0.2) is 24.3 Å². The summed E-state index contributed by atoms with van der Waals surface area (Å²) in [5, 5.41) is 0. The largest absolute Gasteiger partial charge is 0.493 e. The molecule has 1 aromatic rings. The van der Waals surface area contributed by atoms with Gasteiger partial charge in [0.25, 0.3) is 0 Å². The standard InChI is InChI=1S/C16H26N2O/c1-13(2)14-7-9-18(12-14)8-4-10-19-16-6-3-5-15(17)11-16/h3,5-6,11,13-14H,4,7-10,12,17H2,1-2H3. The molecule has 1 saturated heterocycles. The van der Waals surface area contributed by atoms with Crippen LogP contribution in [0.25, 0.3) is 0 Å². The number of ether oxygens (including phenoxy) is 1. The second-order valence-corrected chi connectivity index (χ2v) is 5.87. The van der Waals surface area contributed by atoms with Gasteiger partial charge in [-0.05, 0) is 43.4 Å². The second kappa shape index (κ2) is 6.80. The van der Waals surface area contributed by atoms with E-state index in [-0.39, 0.29) is 0 Å². The zero-order chi connectivity index (χ0) is 13.7. The first-order valence-corrected chi connectivity index (χ1v) is 7.36. The predicted octanol–water partition coefficient (Wildman–Crippen LogP) is 3.02. The van der Waals surface area contributed by atoms with Gasteiger partial charge in [-0.25, -0.2) is 0 Å². The molecule has 2 N–H and O–H groups in total. The molecular formula is C16H26N2O. The van der Waals surface area contributed by atoms with Crippen LogP contribution in [0.4, 0.5) is 5.69 Å². The molecule has 0 radical (unpaired) electrons. The van der Waals surface area contributed by atoms with Crippen molar-refractivity contribution in [2.24, 2.45) is 11.8 Å². The third kappa shape index (κ3) is 4.43. The first-order valence-electron chi connectivity index (χ1n) is 7.36. The first kappa shape index (κ1) is 14.2. The highest BCUT2D eigenvalue weighted by atomic mass is 16.5. The van der Waals surface area contributed by atoms with Gasteiger partial charge in [0.1, 0.15) is 5.75 Å². The van der Waals surface area contributed by atoms with Crippen molar-refractivity contribution in [3.05, 3.63) is 24.3 Å². The molecule has 106 valence electrons. The Morgan fingerprint density at radius 2 is 2.26 bits per heavy atom. The number of nitrogens with zero attached hydrogens (tertiary/aromatic N) is 1. The monoisotopic (exact) mass is 262 g/mol. The lowest BCUT2D eigenvalue weighted by Crippen LogP contribution is -2.24. The van der Waals surface area contributed by atoms with Crippen molar-refractivity contribution in [2.75, 3.05) is 32.0 Å². The van der Waals surface area contributed by atoms with Crippen LogP contribution in [0.1, 0.15) is 26.7 Å². The summed E-state index contributed by atoms with van der Waals surface area (Å²) in [5.74, 6) is 2.57. The molecule has 1 fully saturated rings. The number of hydrogen-bond acceptors (Lipinski definition) is 3. The Kier molecular flexibility index (Phi) is 5.08. The molecular weight excluding hydrogens is 236 g/mol. The lowest BCUT2D eigenvalue weighted by molar-refractivity contribution is 0.253. The average molecular weight is 262 g/mol. The summed E-state index contributed by atoms with van der Waals surface area (Å²) in [6.07, 6.45) is 2.44. The van der Waals surface area contributed by atoms with E-state index in [0.29, 0.717) is 0 Å². The highest BCUT2D eigenvalue weighted by molar-refractivity contribution is 5.43. The number of nitrogen functional groups attached to an aromatic ring is 1. The second-order valence-electron chi connectivity index (χ2n) is 5.87. The van der Waals surface area contributed by atoms with E-state index in [1.165, 1.54) is 19.5 Å². The molecule has 1 atom stereocenters. The maximum atomic E-state index is 5.72. The van der Waals surface area contributed by atoms with Crippen molar-refractivity contribution >= 4 is 5.69 Å². The number of likely N-dealkylation sites (tertiary alicyclic amines) is 1. The maximum absolute atomic E-state index is 5.72. The molecule has 0 amide bonds. The zero-order valence-electron chi connectivity index (χ0n) is 12.1. The fourth-order valence-electron chi connectivity index (χ4n) is 2.69. The van der Waals surface area contributed by atoms with Gasteiger partial charge >= 0.3 is 0 Å². The first-order chi connectivity index (χ1) is 9.15. The van der Waals surface area contributed by atoms with Crippen LogP contribution in [0.5, 0.6) is 5.75 Å². The van der Waals surface area contributed by atoms with Crippen molar-refractivity contribution in [1.29, 1.82) is 0 Å². The average Bonchev–Trinajstić information content (AvgIpc) is 2.84. The van der Waals surface area contributed by atoms with Gasteiger partial charge in [0.2, 0.25) is 0 Å². The molecule has 1 aliphatic heterocycles. The van der Waals surface area contributed by atoms with Crippen LogP contribution in [-0.2, 0) is 0 Å². The van der Waals surface area contributed by atoms with Crippen molar-refractivity contribution in [2.45, 2.75) is 26.7 Å². The quantitative estimate of drug-likeness (QED) is 0.632. The molecule has 0 bridgehead atoms. The van der Waals surface area contributed by atoms with Crippen molar-refractivity contribution in [3.63, 3.8) is 0 Å². The van der Waals surface area contributed by atoms with Gasteiger partial charge in [-0.1, -0.05) is 19.9 Å². The van der Waals surface area contributed by atoms with Gasteiger partial charge in [0.05, 0.1) is 6.61 Å². The lowest BCUT2D eigenvalue weighted by atomic mass is 9.95. The van der Waals surface area contributed by atoms with Crippen LogP contribution >= 0.6 is 0 Å². The third-order valence-corrected chi connectivity index (χ3v) is 4.00. The minimum Gasteiger partial charge on any atom is -0.493 e. The van der Waals surface area contributed by atoms with Crippen molar-refractivity contribution < 1.29 is 4.74 Å². The van der Waals surface area contributed by atoms with E-state index in [9.17, 15) is 0 Å². The number of benzene rings is 1. The van der Waals surface area contributed by atoms with Gasteiger partial charge in [-0.2, -0.15) is 0 Å². The molecule has 0 saturated carbocycles. The lowest BCUT2D eigenvalue weighted by Gasteiger charge is -2.17. The van der Waals surface area contributed by atoms with Gasteiger partial charge in [-0.3, -0.25) is 0 Å². The molecule has 0 spiro atoms. The summed E-state index contributed by atoms with van der Waals surface area (Å²) in [6, 6.07) is 7.65. The Hall–Kier alpha value is -1.22. The van der Waals surface area contributed by atoms with Gasteiger partial charge in [0, 0.05) is 24.8 Å². The Morgan fingerprint density at radius 1 is 1.42 bits per heavy atom. The zero-order valence-corrected chi connectivity index (χ0v) is 12.1. The Morgan fingerprint density at radius 3 is 2.95 bits per heavy atom. The van der Waals surface area contributed by atoms with Crippen molar-refractivity contribution in [3.8, 4) is 5.75 Å². The van der Waals surface area contributed by atoms with E-state index in [1.807, 2.05) is 24.3 Å². The van der Waals surface area contributed by atoms with Crippen LogP contribution in [0.3, 0.4) is 0 Å². The van der Waals surface area contributed by atoms with E-state index in [4.69, 9.17) is 10.5 Å². The fourth-order valence-corrected chi connectivity index (χ4v) is 2.69. The molecule has 1 aliphatic rings. The minimum atomic E-state index is 0.761. The van der Waals surface area contributed by atoms with Crippen LogP contribution < -0.4 is 10.5 Å². The van der Waals surface area contributed by atoms with Crippen molar-refractivity contribution in [1.82, 2.24) is 4.90 Å². The van der Waals surface area contributed by atoms with Crippen LogP contribution in [-0.4, -0.2) is 31.1 Å². The van der Waals surface area contributed by atoms with E-state index < -0.39 is 0 Å². The van der Waals surface area contributed by atoms with E-state index in [0.717, 1.165) is 42.8 Å². The topological polar surface area (TPSA) is 38.5 Å². The molecule has 1 aromatic carbocycles. The molecule has 0 aromatic heterocycles. The van der Waals surface area contributed by atoms with Gasteiger partial charge in [-0.15, -0.1) is 0 Å². The van der Waals surface area contributed by atoms with Gasteiger partial charge in [0.15, 0.2) is 0 Å². The summed E-state index contributed by atoms with van der Waals surface area (Å²) in [6.45, 7) is 9.09. The minimum absolute atomic E-state index is 0.761. The molecule has 1 unspecified atom stereocenters.